The number of fused-ring (bicyclic) bond motifs is 1. The van der Waals surface area contributed by atoms with E-state index in [1.54, 1.807) is 0 Å². The molecule has 5 rings (SSSR count). The van der Waals surface area contributed by atoms with E-state index >= 15 is 0 Å². The SMILES string of the molecule is C=CCON=C(Cn1nnnc1SCC1=C(C(=O)O)N2C(=O)C(NC(=O)C(=NOC3C=CCC3)c3csc(NC=O)n3)[C@@H]2SC1)C(=O)O. The van der Waals surface area contributed by atoms with Gasteiger partial charge in [0.15, 0.2) is 16.6 Å². The van der Waals surface area contributed by atoms with Crippen LogP contribution in [0.2, 0.25) is 0 Å². The lowest BCUT2D eigenvalue weighted by Gasteiger charge is -2.49. The quantitative estimate of drug-likeness (QED) is 0.0327. The molecule has 4 N–H and O–H groups in total. The molecule has 0 bridgehead atoms. The minimum Gasteiger partial charge on any atom is -0.477 e. The van der Waals surface area contributed by atoms with Crippen molar-refractivity contribution in [3.8, 4) is 0 Å². The molecular formula is C26H26N10O9S3. The number of β-lactam (4-membered cyclic amide) rings is 1. The summed E-state index contributed by atoms with van der Waals surface area (Å²) in [7, 11) is 0. The van der Waals surface area contributed by atoms with Crippen LogP contribution in [0.4, 0.5) is 5.13 Å². The predicted octanol–water partition coefficient (Wildman–Crippen LogP) is 0.311. The highest BCUT2D eigenvalue weighted by atomic mass is 32.2. The van der Waals surface area contributed by atoms with E-state index in [2.05, 4.69) is 48.0 Å². The molecule has 0 spiro atoms. The van der Waals surface area contributed by atoms with E-state index in [1.165, 1.54) is 27.9 Å². The molecule has 2 aliphatic heterocycles. The standard InChI is InChI=1S/C26H26N10O9S3/c1-2-7-44-31-15(23(40)41)8-35-26(30-33-34-35)48-10-13-9-46-22-18(21(39)36(22)19(13)24(42)43)29-20(38)17(32-45-14-5-3-4-6-14)16-11-47-25(28-16)27-12-37/h2-3,5,11-12,14,18,22H,1,4,6-10H2,(H,29,38)(H,40,41)(H,42,43)(H,27,28,37)/t14?,18?,22-/m0/s1. The first-order valence-electron chi connectivity index (χ1n) is 13.9. The number of anilines is 1. The van der Waals surface area contributed by atoms with Gasteiger partial charge in [-0.1, -0.05) is 40.8 Å². The molecule has 2 aromatic heterocycles. The average Bonchev–Trinajstić information content (AvgIpc) is 3.85. The fourth-order valence-corrected chi connectivity index (χ4v) is 7.53. The largest absolute Gasteiger partial charge is 0.477 e. The topological polar surface area (TPSA) is 253 Å². The van der Waals surface area contributed by atoms with Crippen molar-refractivity contribution in [2.45, 2.75) is 42.1 Å². The molecule has 3 atom stereocenters. The van der Waals surface area contributed by atoms with Crippen LogP contribution in [-0.2, 0) is 40.2 Å². The summed E-state index contributed by atoms with van der Waals surface area (Å²) in [6.45, 7) is 3.12. The van der Waals surface area contributed by atoms with Crippen LogP contribution in [0, 0.1) is 0 Å². The van der Waals surface area contributed by atoms with Crippen LogP contribution >= 0.6 is 34.9 Å². The molecule has 2 unspecified atom stereocenters. The first-order chi connectivity index (χ1) is 23.2. The van der Waals surface area contributed by atoms with Crippen LogP contribution in [-0.4, -0.2) is 118 Å². The number of amides is 3. The highest BCUT2D eigenvalue weighted by Crippen LogP contribution is 2.41. The number of tetrazole rings is 1. The van der Waals surface area contributed by atoms with Crippen molar-refractivity contribution in [1.29, 1.82) is 0 Å². The third-order valence-corrected chi connectivity index (χ3v) is 9.87. The molecule has 3 aliphatic rings. The summed E-state index contributed by atoms with van der Waals surface area (Å²) in [5, 5.41) is 44.5. The van der Waals surface area contributed by atoms with Crippen molar-refractivity contribution in [3.63, 3.8) is 0 Å². The average molecular weight is 719 g/mol. The van der Waals surface area contributed by atoms with Gasteiger partial charge in [-0.3, -0.25) is 19.3 Å². The maximum absolute atomic E-state index is 13.4. The van der Waals surface area contributed by atoms with Gasteiger partial charge in [-0.2, -0.15) is 0 Å². The summed E-state index contributed by atoms with van der Waals surface area (Å²) >= 11 is 3.35. The van der Waals surface area contributed by atoms with E-state index in [-0.39, 0.29) is 63.9 Å². The maximum atomic E-state index is 13.4. The Kier molecular flexibility index (Phi) is 11.2. The number of carbonyl (C=O) groups is 5. The lowest BCUT2D eigenvalue weighted by Crippen LogP contribution is -2.71. The summed E-state index contributed by atoms with van der Waals surface area (Å²) in [5.74, 6) is -3.86. The molecule has 19 nitrogen and oxygen atoms in total. The van der Waals surface area contributed by atoms with E-state index in [1.807, 2.05) is 12.2 Å². The fourth-order valence-electron chi connectivity index (χ4n) is 4.52. The number of nitrogens with zero attached hydrogens (tertiary/aromatic N) is 8. The monoisotopic (exact) mass is 718 g/mol. The number of rotatable bonds is 17. The van der Waals surface area contributed by atoms with E-state index < -0.39 is 35.2 Å². The molecule has 1 fully saturated rings. The molecule has 3 amide bonds. The lowest BCUT2D eigenvalue weighted by atomic mass is 10.0. The first kappa shape index (κ1) is 34.3. The maximum Gasteiger partial charge on any atom is 0.355 e. The first-order valence-corrected chi connectivity index (χ1v) is 16.8. The van der Waals surface area contributed by atoms with Crippen LogP contribution in [0.3, 0.4) is 0 Å². The second-order valence-corrected chi connectivity index (χ2v) is 12.7. The third kappa shape index (κ3) is 7.71. The molecule has 0 saturated carbocycles. The Morgan fingerprint density at radius 2 is 2.10 bits per heavy atom. The van der Waals surface area contributed by atoms with Gasteiger partial charge in [0, 0.05) is 16.9 Å². The number of hydrogen-bond donors (Lipinski definition) is 4. The van der Waals surface area contributed by atoms with Crippen molar-refractivity contribution in [2.75, 3.05) is 23.4 Å². The number of allylic oxidation sites excluding steroid dienone is 1. The van der Waals surface area contributed by atoms with Crippen molar-refractivity contribution < 1.29 is 43.9 Å². The van der Waals surface area contributed by atoms with Gasteiger partial charge in [0.05, 0.1) is 6.54 Å². The van der Waals surface area contributed by atoms with Gasteiger partial charge in [0.1, 0.15) is 35.5 Å². The zero-order valence-electron chi connectivity index (χ0n) is 24.6. The minimum absolute atomic E-state index is 0.00718. The Labute approximate surface area is 283 Å². The smallest absolute Gasteiger partial charge is 0.355 e. The second-order valence-electron chi connectivity index (χ2n) is 9.84. The number of oxime groups is 2. The number of aliphatic carboxylic acids is 2. The summed E-state index contributed by atoms with van der Waals surface area (Å²) < 4.78 is 1.17. The number of carbonyl (C=O) groups excluding carboxylic acids is 3. The van der Waals surface area contributed by atoms with E-state index in [9.17, 15) is 34.2 Å². The molecule has 2 aromatic rings. The normalized spacial score (nSPS) is 20.5. The van der Waals surface area contributed by atoms with Crippen LogP contribution in [0.15, 0.2) is 56.9 Å². The molecule has 48 heavy (non-hydrogen) atoms. The second kappa shape index (κ2) is 15.7. The van der Waals surface area contributed by atoms with Crippen molar-refractivity contribution >= 4 is 81.6 Å². The van der Waals surface area contributed by atoms with E-state index in [0.29, 0.717) is 18.4 Å². The Balaban J connectivity index is 1.28. The highest BCUT2D eigenvalue weighted by Gasteiger charge is 2.54. The Morgan fingerprint density at radius 1 is 1.27 bits per heavy atom. The Bertz CT molecular complexity index is 1740. The zero-order chi connectivity index (χ0) is 34.2. The summed E-state index contributed by atoms with van der Waals surface area (Å²) in [5.41, 5.74) is -0.330. The van der Waals surface area contributed by atoms with Gasteiger partial charge in [0.25, 0.3) is 11.8 Å². The van der Waals surface area contributed by atoms with E-state index in [0.717, 1.165) is 34.4 Å². The molecule has 0 radical (unpaired) electrons. The van der Waals surface area contributed by atoms with Gasteiger partial charge in [-0.25, -0.2) is 19.3 Å². The number of hydrogen-bond acceptors (Lipinski definition) is 16. The van der Waals surface area contributed by atoms with Crippen molar-refractivity contribution in [3.05, 3.63) is 47.2 Å². The van der Waals surface area contributed by atoms with Gasteiger partial charge in [-0.05, 0) is 34.9 Å². The fraction of sp³-hybridized carbons (Fsp3) is 0.346. The van der Waals surface area contributed by atoms with Crippen LogP contribution in [0.1, 0.15) is 18.5 Å². The number of thioether (sulfide) groups is 2. The molecule has 1 aliphatic carbocycles. The third-order valence-electron chi connectivity index (χ3n) is 6.72. The summed E-state index contributed by atoms with van der Waals surface area (Å²) in [6.07, 6.45) is 6.68. The summed E-state index contributed by atoms with van der Waals surface area (Å²) in [4.78, 5) is 77.2. The molecular weight excluding hydrogens is 693 g/mol. The summed E-state index contributed by atoms with van der Waals surface area (Å²) in [6, 6.07) is -1.07. The number of carboxylic acids is 2. The highest BCUT2D eigenvalue weighted by molar-refractivity contribution is 8.01. The van der Waals surface area contributed by atoms with Crippen molar-refractivity contribution in [2.24, 2.45) is 10.3 Å². The molecule has 1 saturated heterocycles. The minimum atomic E-state index is -1.35. The zero-order valence-corrected chi connectivity index (χ0v) is 27.1. The number of aromatic nitrogens is 5. The van der Waals surface area contributed by atoms with Crippen LogP contribution in [0.5, 0.6) is 0 Å². The molecule has 4 heterocycles. The Hall–Kier alpha value is -5.09. The van der Waals surface area contributed by atoms with Gasteiger partial charge >= 0.3 is 11.9 Å². The van der Waals surface area contributed by atoms with Crippen LogP contribution < -0.4 is 10.6 Å². The van der Waals surface area contributed by atoms with Gasteiger partial charge < -0.3 is 30.5 Å². The Morgan fingerprint density at radius 3 is 2.81 bits per heavy atom. The molecule has 252 valence electrons. The van der Waals surface area contributed by atoms with E-state index in [4.69, 9.17) is 9.68 Å². The predicted molar refractivity (Wildman–Crippen MR) is 171 cm³/mol. The number of thiazole rings is 1. The van der Waals surface area contributed by atoms with Crippen LogP contribution in [0.25, 0.3) is 0 Å². The molecule has 0 aromatic carbocycles. The number of carboxylic acid groups (broad SMARTS) is 2. The van der Waals surface area contributed by atoms with Gasteiger partial charge in [-0.15, -0.1) is 28.2 Å². The lowest BCUT2D eigenvalue weighted by molar-refractivity contribution is -0.150. The van der Waals surface area contributed by atoms with Gasteiger partial charge in [0.2, 0.25) is 11.6 Å². The van der Waals surface area contributed by atoms with Crippen molar-refractivity contribution in [1.82, 2.24) is 35.4 Å². The number of nitrogens with one attached hydrogen (secondary N) is 2. The molecule has 22 heteroatoms.